The molecule has 4 heteroatoms. The molecule has 2 aromatic rings. The maximum absolute atomic E-state index is 2.83. The van der Waals surface area contributed by atoms with Gasteiger partial charge in [-0.25, -0.2) is 0 Å². The van der Waals surface area contributed by atoms with Crippen molar-refractivity contribution in [3.63, 3.8) is 0 Å². The van der Waals surface area contributed by atoms with Crippen LogP contribution in [0.2, 0.25) is 13.1 Å². The van der Waals surface area contributed by atoms with Gasteiger partial charge in [-0.1, -0.05) is 0 Å². The third-order valence-electron chi connectivity index (χ3n) is 8.59. The first-order valence-corrected chi connectivity index (χ1v) is 19.9. The van der Waals surface area contributed by atoms with E-state index in [9.17, 15) is 0 Å². The second-order valence-corrected chi connectivity index (χ2v) is 26.5. The van der Waals surface area contributed by atoms with Gasteiger partial charge in [-0.05, 0) is 0 Å². The summed E-state index contributed by atoms with van der Waals surface area (Å²) in [4.78, 5) is 0. The van der Waals surface area contributed by atoms with E-state index in [1.165, 1.54) is 27.8 Å². The van der Waals surface area contributed by atoms with Crippen molar-refractivity contribution in [3.05, 3.63) is 103 Å². The minimum Gasteiger partial charge on any atom is -1.00 e. The second kappa shape index (κ2) is 10.3. The molecule has 0 fully saturated rings. The Bertz CT molecular complexity index is 1290. The molecule has 0 nitrogen and oxygen atoms in total. The average molecular weight is 556 g/mol. The molecule has 3 aliphatic rings. The first-order chi connectivity index (χ1) is 15.7. The van der Waals surface area contributed by atoms with Crippen molar-refractivity contribution in [1.82, 2.24) is 0 Å². The Morgan fingerprint density at radius 3 is 1.51 bits per heavy atom. The van der Waals surface area contributed by atoms with Crippen LogP contribution in [0.1, 0.15) is 69.5 Å². The quantitative estimate of drug-likeness (QED) is 0.511. The van der Waals surface area contributed by atoms with Crippen LogP contribution in [0, 0.1) is 19.8 Å². The topological polar surface area (TPSA) is 0 Å². The summed E-state index contributed by atoms with van der Waals surface area (Å²) < 4.78 is 3.07. The van der Waals surface area contributed by atoms with Gasteiger partial charge in [-0.3, -0.25) is 0 Å². The molecule has 0 saturated carbocycles. The number of aryl methyl sites for hydroxylation is 2. The Kier molecular flexibility index (Phi) is 8.42. The Labute approximate surface area is 228 Å². The van der Waals surface area contributed by atoms with Crippen molar-refractivity contribution < 1.29 is 40.1 Å². The summed E-state index contributed by atoms with van der Waals surface area (Å²) in [7, 11) is 0. The molecule has 0 N–H and O–H groups in total. The van der Waals surface area contributed by atoms with Crippen LogP contribution in [0.25, 0.3) is 12.2 Å². The van der Waals surface area contributed by atoms with Gasteiger partial charge in [-0.15, -0.1) is 0 Å². The predicted octanol–water partition coefficient (Wildman–Crippen LogP) is 2.81. The molecular formula is C31H37Cl2SiTi. The van der Waals surface area contributed by atoms with Gasteiger partial charge in [0.15, 0.2) is 0 Å². The van der Waals surface area contributed by atoms with Gasteiger partial charge < -0.3 is 24.8 Å². The Morgan fingerprint density at radius 1 is 0.686 bits per heavy atom. The van der Waals surface area contributed by atoms with Crippen molar-refractivity contribution in [3.8, 4) is 0 Å². The van der Waals surface area contributed by atoms with Gasteiger partial charge in [0.2, 0.25) is 0 Å². The summed E-state index contributed by atoms with van der Waals surface area (Å²) in [5, 5.41) is 0. The Hall–Kier alpha value is -1.09. The summed E-state index contributed by atoms with van der Waals surface area (Å²) >= 11 is -2.83. The number of hydrogen-bond donors (Lipinski definition) is 0. The van der Waals surface area contributed by atoms with Crippen LogP contribution in [0.5, 0.6) is 0 Å². The van der Waals surface area contributed by atoms with Gasteiger partial charge in [0.05, 0.1) is 0 Å². The van der Waals surface area contributed by atoms with Crippen molar-refractivity contribution in [1.29, 1.82) is 0 Å². The third kappa shape index (κ3) is 4.16. The van der Waals surface area contributed by atoms with Gasteiger partial charge in [0.1, 0.15) is 0 Å². The molecule has 0 radical (unpaired) electrons. The number of fused-ring (bicyclic) bond motifs is 2. The molecular weight excluding hydrogens is 519 g/mol. The summed E-state index contributed by atoms with van der Waals surface area (Å²) in [6, 6.07) is 14.2. The zero-order valence-corrected chi connectivity index (χ0v) is 26.3. The maximum atomic E-state index is 2.66. The van der Waals surface area contributed by atoms with E-state index >= 15 is 0 Å². The fourth-order valence-corrected chi connectivity index (χ4v) is 30.1. The van der Waals surface area contributed by atoms with Gasteiger partial charge in [-0.2, -0.15) is 0 Å². The maximum Gasteiger partial charge on any atom is -1.00 e. The fraction of sp³-hybridized carbons (Fsp3) is 0.355. The van der Waals surface area contributed by atoms with Gasteiger partial charge >= 0.3 is 205 Å². The molecule has 0 amide bonds. The van der Waals surface area contributed by atoms with Crippen LogP contribution in [0.15, 0.2) is 69.1 Å². The molecule has 0 spiro atoms. The SMILES string of the molecule is CC1=CC(C)[C]([Ti+2]([CH]2C(C)=Cc3c(C)cccc32)([CH]2C(C)=Cc3c(C)cccc32)=[Si](C)C)=C1.[Cl-].[Cl-]. The summed E-state index contributed by atoms with van der Waals surface area (Å²) in [5.41, 5.74) is 13.9. The number of hydrogen-bond acceptors (Lipinski definition) is 0. The van der Waals surface area contributed by atoms with Crippen LogP contribution in [-0.2, 0) is 15.3 Å². The standard InChI is InChI=1S/2C11H11.C7H9.C2H6Si.2ClH.Ti/c2*1-8-6-10-5-3-4-9(2)11(10)7-8;1-6-3-4-7(2)5-6;1-3-2;;;/h2*3-7H,1-2H3;3,5,7H,1-2H3;1-2H3;2*1H;/q;;;;;;+2/p-2. The summed E-state index contributed by atoms with van der Waals surface area (Å²) in [6.45, 7) is 19.6. The molecule has 183 valence electrons. The van der Waals surface area contributed by atoms with E-state index in [1.54, 1.807) is 22.3 Å². The average Bonchev–Trinajstić information content (AvgIpc) is 3.38. The third-order valence-corrected chi connectivity index (χ3v) is 29.2. The van der Waals surface area contributed by atoms with Gasteiger partial charge in [0.25, 0.3) is 0 Å². The van der Waals surface area contributed by atoms with E-state index in [1.807, 2.05) is 3.88 Å². The van der Waals surface area contributed by atoms with E-state index in [0.717, 1.165) is 0 Å². The van der Waals surface area contributed by atoms with Gasteiger partial charge in [0, 0.05) is 0 Å². The number of rotatable bonds is 3. The molecule has 3 unspecified atom stereocenters. The molecule has 0 aliphatic heterocycles. The second-order valence-electron chi connectivity index (χ2n) is 11.0. The Morgan fingerprint density at radius 2 is 1.14 bits per heavy atom. The molecule has 3 aliphatic carbocycles. The number of allylic oxidation sites excluding steroid dienone is 6. The molecule has 0 heterocycles. The number of halogens is 2. The summed E-state index contributed by atoms with van der Waals surface area (Å²) in [5.74, 6) is 0.563. The van der Waals surface area contributed by atoms with E-state index in [4.69, 9.17) is 0 Å². The minimum absolute atomic E-state index is 0. The molecule has 35 heavy (non-hydrogen) atoms. The van der Waals surface area contributed by atoms with E-state index in [0.29, 0.717) is 14.4 Å². The van der Waals surface area contributed by atoms with Crippen LogP contribution >= 0.6 is 0 Å². The number of benzene rings is 2. The fourth-order valence-electron chi connectivity index (χ4n) is 7.40. The smallest absolute Gasteiger partial charge is 1.00 e. The van der Waals surface area contributed by atoms with Crippen LogP contribution < -0.4 is 24.8 Å². The minimum atomic E-state index is -2.83. The van der Waals surface area contributed by atoms with Crippen LogP contribution in [0.4, 0.5) is 0 Å². The zero-order valence-electron chi connectivity index (χ0n) is 22.3. The predicted molar refractivity (Wildman–Crippen MR) is 144 cm³/mol. The zero-order chi connectivity index (χ0) is 23.7. The first-order valence-electron chi connectivity index (χ1n) is 12.4. The molecule has 0 aromatic heterocycles. The molecule has 0 saturated heterocycles. The van der Waals surface area contributed by atoms with Crippen LogP contribution in [0.3, 0.4) is 0 Å². The molecule has 2 aromatic carbocycles. The van der Waals surface area contributed by atoms with Crippen molar-refractivity contribution in [2.45, 2.75) is 63.1 Å². The molecule has 3 atom stereocenters. The Balaban J connectivity index is 0.00000171. The first kappa shape index (κ1) is 28.5. The molecule has 0 bridgehead atoms. The van der Waals surface area contributed by atoms with E-state index < -0.39 is 21.5 Å². The normalized spacial score (nSPS) is 22.7. The van der Waals surface area contributed by atoms with Crippen LogP contribution in [-0.4, -0.2) is 6.19 Å². The monoisotopic (exact) mass is 555 g/mol. The van der Waals surface area contributed by atoms with Crippen molar-refractivity contribution in [2.24, 2.45) is 5.92 Å². The van der Waals surface area contributed by atoms with E-state index in [2.05, 4.69) is 115 Å². The van der Waals surface area contributed by atoms with Crippen molar-refractivity contribution in [2.75, 3.05) is 0 Å². The van der Waals surface area contributed by atoms with Crippen molar-refractivity contribution >= 4 is 18.3 Å². The van der Waals surface area contributed by atoms with E-state index in [-0.39, 0.29) is 24.8 Å². The largest absolute Gasteiger partial charge is 1.00 e. The summed E-state index contributed by atoms with van der Waals surface area (Å²) in [6.07, 6.45) is 9.67. The molecule has 5 rings (SSSR count).